The van der Waals surface area contributed by atoms with Crippen molar-refractivity contribution in [3.63, 3.8) is 0 Å². The second-order valence-corrected chi connectivity index (χ2v) is 18.7. The molecule has 0 spiro atoms. The summed E-state index contributed by atoms with van der Waals surface area (Å²) in [5.74, 6) is 0.888. The quantitative estimate of drug-likeness (QED) is 0.0462. The maximum absolute atomic E-state index is 12.8. The second-order valence-electron chi connectivity index (χ2n) is 18.7. The van der Waals surface area contributed by atoms with E-state index in [4.69, 9.17) is 9.47 Å². The molecule has 2 N–H and O–H groups in total. The molecular formula is C53H105N3O5. The first-order chi connectivity index (χ1) is 29.8. The molecule has 0 rings (SSSR count). The van der Waals surface area contributed by atoms with Gasteiger partial charge in [0.25, 0.3) is 0 Å². The molecule has 3 atom stereocenters. The van der Waals surface area contributed by atoms with Crippen LogP contribution in [0, 0.1) is 11.8 Å². The molecule has 362 valence electrons. The molecule has 0 fully saturated rings. The summed E-state index contributed by atoms with van der Waals surface area (Å²) >= 11 is 0. The molecule has 0 aliphatic rings. The van der Waals surface area contributed by atoms with Gasteiger partial charge in [-0.1, -0.05) is 169 Å². The van der Waals surface area contributed by atoms with Crippen molar-refractivity contribution in [2.45, 2.75) is 252 Å². The van der Waals surface area contributed by atoms with Gasteiger partial charge in [-0.2, -0.15) is 0 Å². The molecule has 0 bridgehead atoms. The Hall–Kier alpha value is -1.80. The molecule has 0 aliphatic carbocycles. The third-order valence-corrected chi connectivity index (χ3v) is 12.6. The Bertz CT molecular complexity index is 964. The van der Waals surface area contributed by atoms with Gasteiger partial charge in [0, 0.05) is 52.4 Å². The van der Waals surface area contributed by atoms with Crippen molar-refractivity contribution in [2.75, 3.05) is 53.5 Å². The molecule has 0 amide bonds. The van der Waals surface area contributed by atoms with E-state index >= 15 is 0 Å². The molecule has 0 aromatic heterocycles. The van der Waals surface area contributed by atoms with Crippen molar-refractivity contribution in [3.05, 3.63) is 12.4 Å². The molecule has 61 heavy (non-hydrogen) atoms. The van der Waals surface area contributed by atoms with E-state index in [0.717, 1.165) is 96.7 Å². The molecule has 0 heterocycles. The highest BCUT2D eigenvalue weighted by molar-refractivity contribution is 5.70. The molecule has 3 unspecified atom stereocenters. The van der Waals surface area contributed by atoms with E-state index in [2.05, 4.69) is 56.1 Å². The fourth-order valence-corrected chi connectivity index (χ4v) is 8.58. The Kier molecular flexibility index (Phi) is 44.8. The number of hydrogen-bond donors (Lipinski definition) is 2. The first kappa shape index (κ1) is 59.2. The molecule has 0 aromatic rings. The van der Waals surface area contributed by atoms with Crippen LogP contribution in [0.15, 0.2) is 12.4 Å². The van der Waals surface area contributed by atoms with Crippen molar-refractivity contribution >= 4 is 11.9 Å². The van der Waals surface area contributed by atoms with E-state index < -0.39 is 6.10 Å². The van der Waals surface area contributed by atoms with Gasteiger partial charge in [-0.3, -0.25) is 9.59 Å². The Morgan fingerprint density at radius 1 is 0.508 bits per heavy atom. The molecule has 0 aliphatic heterocycles. The highest BCUT2D eigenvalue weighted by Crippen LogP contribution is 2.24. The maximum Gasteiger partial charge on any atom is 0.306 e. The van der Waals surface area contributed by atoms with Crippen LogP contribution in [-0.2, 0) is 19.1 Å². The summed E-state index contributed by atoms with van der Waals surface area (Å²) < 4.78 is 11.5. The van der Waals surface area contributed by atoms with E-state index in [1.807, 2.05) is 13.2 Å². The highest BCUT2D eigenvalue weighted by atomic mass is 16.5. The van der Waals surface area contributed by atoms with Gasteiger partial charge in [-0.15, -0.1) is 0 Å². The van der Waals surface area contributed by atoms with Crippen molar-refractivity contribution in [3.8, 4) is 0 Å². The van der Waals surface area contributed by atoms with Crippen LogP contribution in [0.1, 0.15) is 246 Å². The fourth-order valence-electron chi connectivity index (χ4n) is 8.58. The third kappa shape index (κ3) is 41.9. The molecule has 8 heteroatoms. The number of hydrogen-bond acceptors (Lipinski definition) is 8. The van der Waals surface area contributed by atoms with Crippen LogP contribution in [0.5, 0.6) is 0 Å². The van der Waals surface area contributed by atoms with Crippen LogP contribution in [0.4, 0.5) is 0 Å². The van der Waals surface area contributed by atoms with Crippen molar-refractivity contribution in [2.24, 2.45) is 11.8 Å². The predicted molar refractivity (Wildman–Crippen MR) is 262 cm³/mol. The maximum atomic E-state index is 12.8. The van der Waals surface area contributed by atoms with Crippen LogP contribution < -0.4 is 5.32 Å². The molecule has 0 saturated carbocycles. The predicted octanol–water partition coefficient (Wildman–Crippen LogP) is 13.9. The number of nitrogens with zero attached hydrogens (tertiary/aromatic N) is 2. The number of aliphatic hydroxyl groups excluding tert-OH is 1. The van der Waals surface area contributed by atoms with E-state index in [1.54, 1.807) is 0 Å². The minimum absolute atomic E-state index is 0.0000573. The molecule has 0 radical (unpaired) electrons. The van der Waals surface area contributed by atoms with Crippen LogP contribution in [-0.4, -0.2) is 86.4 Å². The van der Waals surface area contributed by atoms with Crippen LogP contribution in [0.25, 0.3) is 0 Å². The molecule has 8 nitrogen and oxygen atoms in total. The van der Waals surface area contributed by atoms with E-state index in [9.17, 15) is 14.7 Å². The fraction of sp³-hybridized carbons (Fsp3) is 0.925. The third-order valence-electron chi connectivity index (χ3n) is 12.6. The Balaban J connectivity index is 4.68. The zero-order valence-corrected chi connectivity index (χ0v) is 41.6. The van der Waals surface area contributed by atoms with Gasteiger partial charge < -0.3 is 29.7 Å². The number of unbranched alkanes of at least 4 members (excludes halogenated alkanes) is 20. The van der Waals surface area contributed by atoms with Crippen LogP contribution in [0.3, 0.4) is 0 Å². The number of nitrogens with one attached hydrogen (secondary N) is 1. The topological polar surface area (TPSA) is 91.3 Å². The summed E-state index contributed by atoms with van der Waals surface area (Å²) in [6.45, 7) is 13.5. The van der Waals surface area contributed by atoms with Gasteiger partial charge in [0.2, 0.25) is 0 Å². The second kappa shape index (κ2) is 46.2. The zero-order valence-electron chi connectivity index (χ0n) is 41.6. The summed E-state index contributed by atoms with van der Waals surface area (Å²) in [5, 5.41) is 14.1. The smallest absolute Gasteiger partial charge is 0.306 e. The number of aliphatic hydroxyl groups is 1. The lowest BCUT2D eigenvalue weighted by atomic mass is 9.91. The van der Waals surface area contributed by atoms with Crippen LogP contribution in [0.2, 0.25) is 0 Å². The van der Waals surface area contributed by atoms with Gasteiger partial charge in [-0.25, -0.2) is 0 Å². The lowest BCUT2D eigenvalue weighted by Crippen LogP contribution is -2.35. The van der Waals surface area contributed by atoms with Crippen LogP contribution >= 0.6 is 0 Å². The zero-order chi connectivity index (χ0) is 44.9. The molecule has 0 saturated heterocycles. The average molecular weight is 864 g/mol. The van der Waals surface area contributed by atoms with Crippen molar-refractivity contribution in [1.29, 1.82) is 0 Å². The summed E-state index contributed by atoms with van der Waals surface area (Å²) in [6, 6.07) is 0. The first-order valence-electron chi connectivity index (χ1n) is 26.5. The molecule has 0 aromatic carbocycles. The molecular weight excluding hydrogens is 759 g/mol. The lowest BCUT2D eigenvalue weighted by molar-refractivity contribution is -0.146. The van der Waals surface area contributed by atoms with Gasteiger partial charge >= 0.3 is 11.9 Å². The van der Waals surface area contributed by atoms with Crippen molar-refractivity contribution in [1.82, 2.24) is 15.1 Å². The van der Waals surface area contributed by atoms with Gasteiger partial charge in [-0.05, 0) is 89.1 Å². The normalized spacial score (nSPS) is 13.2. The largest absolute Gasteiger partial charge is 0.466 e. The summed E-state index contributed by atoms with van der Waals surface area (Å²) in [7, 11) is 4.01. The van der Waals surface area contributed by atoms with Gasteiger partial charge in [0.15, 0.2) is 0 Å². The Labute approximate surface area is 379 Å². The average Bonchev–Trinajstić information content (AvgIpc) is 3.24. The van der Waals surface area contributed by atoms with E-state index in [-0.39, 0.29) is 11.9 Å². The Morgan fingerprint density at radius 3 is 1.36 bits per heavy atom. The minimum atomic E-state index is -0.390. The summed E-state index contributed by atoms with van der Waals surface area (Å²) in [4.78, 5) is 30.2. The number of carbonyl (C=O) groups excluding carboxylic acids is 2. The summed E-state index contributed by atoms with van der Waals surface area (Å²) in [6.07, 6.45) is 42.5. The van der Waals surface area contributed by atoms with E-state index in [1.165, 1.54) is 128 Å². The SMILES string of the molecule is CCCCCCCCC(CCCCCC)CC(=O)OCCCCCCN(CCCN(C)/C=C\NC)CC(O)CCCCOC(=O)CC(CCCCCC)CCCCCCCC. The number of carbonyl (C=O) groups is 2. The summed E-state index contributed by atoms with van der Waals surface area (Å²) in [5.41, 5.74) is 0. The standard InChI is InChI=1S/C53H105N3O5/c1-7-11-15-19-21-27-36-49(34-25-17-13-9-3)46-52(58)60-44-31-24-23-30-41-56(42-33-40-55(6)43-39-54-5)48-51(57)38-29-32-45-61-53(59)47-50(35-26-18-14-10-4)37-28-22-20-16-12-8-2/h39,43,49-51,54,57H,7-38,40-42,44-48H2,1-6H3/b43-39-. The van der Waals surface area contributed by atoms with Gasteiger partial charge in [0.1, 0.15) is 0 Å². The van der Waals surface area contributed by atoms with E-state index in [0.29, 0.717) is 44.4 Å². The lowest BCUT2D eigenvalue weighted by Gasteiger charge is -2.26. The Morgan fingerprint density at radius 2 is 0.885 bits per heavy atom. The van der Waals surface area contributed by atoms with Gasteiger partial charge in [0.05, 0.1) is 19.3 Å². The number of rotatable bonds is 48. The van der Waals surface area contributed by atoms with Crippen molar-refractivity contribution < 1.29 is 24.2 Å². The number of esters is 2. The number of ether oxygens (including phenoxy) is 2. The minimum Gasteiger partial charge on any atom is -0.466 e. The monoisotopic (exact) mass is 864 g/mol. The highest BCUT2D eigenvalue weighted by Gasteiger charge is 2.17. The first-order valence-corrected chi connectivity index (χ1v) is 26.5.